The first-order valence-corrected chi connectivity index (χ1v) is 7.79. The number of aryl methyl sites for hydroxylation is 1. The lowest BCUT2D eigenvalue weighted by Crippen LogP contribution is -2.25. The van der Waals surface area contributed by atoms with Crippen molar-refractivity contribution in [3.63, 3.8) is 0 Å². The normalized spacial score (nSPS) is 24.3. The molecule has 108 valence electrons. The molecule has 2 aliphatic rings. The minimum Gasteiger partial charge on any atom is -0.370 e. The molecule has 1 aromatic carbocycles. The van der Waals surface area contributed by atoms with Gasteiger partial charge in [0.1, 0.15) is 0 Å². The molecule has 0 saturated carbocycles. The van der Waals surface area contributed by atoms with Gasteiger partial charge in [0.05, 0.1) is 17.6 Å². The van der Waals surface area contributed by atoms with E-state index in [1.807, 2.05) is 6.20 Å². The molecule has 2 saturated heterocycles. The van der Waals surface area contributed by atoms with Gasteiger partial charge >= 0.3 is 0 Å². The lowest BCUT2D eigenvalue weighted by atomic mass is 10.0. The Kier molecular flexibility index (Phi) is 3.15. The molecule has 1 aromatic heterocycles. The summed E-state index contributed by atoms with van der Waals surface area (Å²) in [5.74, 6) is 1.64. The van der Waals surface area contributed by atoms with Gasteiger partial charge in [-0.2, -0.15) is 0 Å². The lowest BCUT2D eigenvalue weighted by Gasteiger charge is -2.19. The summed E-state index contributed by atoms with van der Waals surface area (Å²) in [7, 11) is 0. The van der Waals surface area contributed by atoms with Crippen molar-refractivity contribution in [2.24, 2.45) is 11.8 Å². The molecule has 1 N–H and O–H groups in total. The molecular formula is C18H21N3. The van der Waals surface area contributed by atoms with E-state index >= 15 is 0 Å². The van der Waals surface area contributed by atoms with E-state index in [4.69, 9.17) is 4.98 Å². The highest BCUT2D eigenvalue weighted by Crippen LogP contribution is 2.31. The Morgan fingerprint density at radius 2 is 1.81 bits per heavy atom. The molecule has 0 spiro atoms. The molecule has 3 nitrogen and oxygen atoms in total. The molecule has 0 amide bonds. The maximum Gasteiger partial charge on any atom is 0.0706 e. The highest BCUT2D eigenvalue weighted by atomic mass is 15.2. The van der Waals surface area contributed by atoms with Crippen LogP contribution in [0.2, 0.25) is 0 Å². The minimum absolute atomic E-state index is 0.820. The van der Waals surface area contributed by atoms with Gasteiger partial charge in [0.25, 0.3) is 0 Å². The van der Waals surface area contributed by atoms with Crippen molar-refractivity contribution in [1.29, 1.82) is 0 Å². The van der Waals surface area contributed by atoms with Crippen LogP contribution in [0.1, 0.15) is 5.56 Å². The molecule has 0 aliphatic carbocycles. The van der Waals surface area contributed by atoms with Gasteiger partial charge in [-0.15, -0.1) is 0 Å². The zero-order valence-corrected chi connectivity index (χ0v) is 12.4. The molecule has 3 heterocycles. The monoisotopic (exact) mass is 279 g/mol. The highest BCUT2D eigenvalue weighted by molar-refractivity contribution is 5.65. The topological polar surface area (TPSA) is 28.2 Å². The number of rotatable bonds is 2. The summed E-state index contributed by atoms with van der Waals surface area (Å²) in [6.07, 6.45) is 2.04. The summed E-state index contributed by atoms with van der Waals surface area (Å²) in [4.78, 5) is 7.18. The predicted octanol–water partition coefficient (Wildman–Crippen LogP) is 2.71. The summed E-state index contributed by atoms with van der Waals surface area (Å²) < 4.78 is 0. The second-order valence-electron chi connectivity index (χ2n) is 6.30. The van der Waals surface area contributed by atoms with Crippen LogP contribution in [0.25, 0.3) is 11.3 Å². The van der Waals surface area contributed by atoms with E-state index in [-0.39, 0.29) is 0 Å². The Bertz CT molecular complexity index is 623. The van der Waals surface area contributed by atoms with Crippen molar-refractivity contribution >= 4 is 5.69 Å². The largest absolute Gasteiger partial charge is 0.370 e. The van der Waals surface area contributed by atoms with Crippen LogP contribution in [0, 0.1) is 18.8 Å². The van der Waals surface area contributed by atoms with E-state index in [1.165, 1.54) is 43.0 Å². The SMILES string of the molecule is Cc1ccccc1-c1ccc(N2CC3CNCC3C2)cn1. The van der Waals surface area contributed by atoms with Crippen LogP contribution in [0.4, 0.5) is 5.69 Å². The first kappa shape index (κ1) is 12.8. The average molecular weight is 279 g/mol. The predicted molar refractivity (Wildman–Crippen MR) is 86.5 cm³/mol. The second kappa shape index (κ2) is 5.15. The number of hydrogen-bond donors (Lipinski definition) is 1. The quantitative estimate of drug-likeness (QED) is 0.916. The van der Waals surface area contributed by atoms with Crippen molar-refractivity contribution in [2.75, 3.05) is 31.1 Å². The molecule has 2 unspecified atom stereocenters. The molecule has 2 atom stereocenters. The maximum atomic E-state index is 4.69. The van der Waals surface area contributed by atoms with Crippen molar-refractivity contribution in [1.82, 2.24) is 10.3 Å². The smallest absolute Gasteiger partial charge is 0.0706 e. The average Bonchev–Trinajstić information content (AvgIpc) is 3.09. The zero-order valence-electron chi connectivity index (χ0n) is 12.4. The van der Waals surface area contributed by atoms with Crippen molar-refractivity contribution in [3.8, 4) is 11.3 Å². The van der Waals surface area contributed by atoms with E-state index < -0.39 is 0 Å². The van der Waals surface area contributed by atoms with Gasteiger partial charge in [0.2, 0.25) is 0 Å². The number of anilines is 1. The first-order valence-electron chi connectivity index (χ1n) is 7.79. The summed E-state index contributed by atoms with van der Waals surface area (Å²) in [6.45, 7) is 6.83. The van der Waals surface area contributed by atoms with Crippen LogP contribution in [-0.4, -0.2) is 31.2 Å². The van der Waals surface area contributed by atoms with Crippen LogP contribution < -0.4 is 10.2 Å². The van der Waals surface area contributed by atoms with Gasteiger partial charge < -0.3 is 10.2 Å². The van der Waals surface area contributed by atoms with E-state index in [2.05, 4.69) is 53.5 Å². The van der Waals surface area contributed by atoms with Crippen LogP contribution in [-0.2, 0) is 0 Å². The van der Waals surface area contributed by atoms with Crippen LogP contribution in [0.15, 0.2) is 42.6 Å². The van der Waals surface area contributed by atoms with E-state index in [0.717, 1.165) is 17.5 Å². The molecule has 4 rings (SSSR count). The van der Waals surface area contributed by atoms with E-state index in [1.54, 1.807) is 0 Å². The van der Waals surface area contributed by atoms with Gasteiger partial charge in [0.15, 0.2) is 0 Å². The summed E-state index contributed by atoms with van der Waals surface area (Å²) in [5, 5.41) is 3.49. The number of nitrogens with one attached hydrogen (secondary N) is 1. The first-order chi connectivity index (χ1) is 10.3. The summed E-state index contributed by atoms with van der Waals surface area (Å²) in [6, 6.07) is 12.8. The van der Waals surface area contributed by atoms with E-state index in [0.29, 0.717) is 0 Å². The van der Waals surface area contributed by atoms with E-state index in [9.17, 15) is 0 Å². The molecule has 0 radical (unpaired) electrons. The third-order valence-electron chi connectivity index (χ3n) is 4.92. The number of nitrogens with zero attached hydrogens (tertiary/aromatic N) is 2. The van der Waals surface area contributed by atoms with Gasteiger partial charge in [0, 0.05) is 31.7 Å². The fraction of sp³-hybridized carbons (Fsp3) is 0.389. The molecule has 2 aliphatic heterocycles. The fourth-order valence-corrected chi connectivity index (χ4v) is 3.66. The minimum atomic E-state index is 0.820. The maximum absolute atomic E-state index is 4.69. The summed E-state index contributed by atoms with van der Waals surface area (Å²) >= 11 is 0. The lowest BCUT2D eigenvalue weighted by molar-refractivity contribution is 0.533. The Morgan fingerprint density at radius 3 is 2.48 bits per heavy atom. The number of fused-ring (bicyclic) bond motifs is 1. The Labute approximate surface area is 126 Å². The van der Waals surface area contributed by atoms with Crippen LogP contribution >= 0.6 is 0 Å². The number of benzene rings is 1. The van der Waals surface area contributed by atoms with Crippen LogP contribution in [0.5, 0.6) is 0 Å². The van der Waals surface area contributed by atoms with Gasteiger partial charge in [-0.1, -0.05) is 24.3 Å². The van der Waals surface area contributed by atoms with Crippen molar-refractivity contribution in [3.05, 3.63) is 48.2 Å². The zero-order chi connectivity index (χ0) is 14.2. The second-order valence-corrected chi connectivity index (χ2v) is 6.30. The van der Waals surface area contributed by atoms with Gasteiger partial charge in [-0.3, -0.25) is 4.98 Å². The Hall–Kier alpha value is -1.87. The third-order valence-corrected chi connectivity index (χ3v) is 4.92. The van der Waals surface area contributed by atoms with Gasteiger partial charge in [-0.05, 0) is 36.5 Å². The highest BCUT2D eigenvalue weighted by Gasteiger charge is 2.36. The van der Waals surface area contributed by atoms with Crippen molar-refractivity contribution in [2.45, 2.75) is 6.92 Å². The Morgan fingerprint density at radius 1 is 1.05 bits per heavy atom. The number of pyridine rings is 1. The number of hydrogen-bond acceptors (Lipinski definition) is 3. The third kappa shape index (κ3) is 2.32. The summed E-state index contributed by atoms with van der Waals surface area (Å²) in [5.41, 5.74) is 4.84. The molecule has 21 heavy (non-hydrogen) atoms. The number of aromatic nitrogens is 1. The Balaban J connectivity index is 1.56. The van der Waals surface area contributed by atoms with Gasteiger partial charge in [-0.25, -0.2) is 0 Å². The standard InChI is InChI=1S/C18H21N3/c1-13-4-2-3-5-17(13)18-7-6-16(10-20-18)21-11-14-8-19-9-15(14)12-21/h2-7,10,14-15,19H,8-9,11-12H2,1H3. The molecular weight excluding hydrogens is 258 g/mol. The van der Waals surface area contributed by atoms with Crippen LogP contribution in [0.3, 0.4) is 0 Å². The molecule has 3 heteroatoms. The molecule has 2 aromatic rings. The van der Waals surface area contributed by atoms with Crippen molar-refractivity contribution < 1.29 is 0 Å². The fourth-order valence-electron chi connectivity index (χ4n) is 3.66. The molecule has 0 bridgehead atoms. The molecule has 2 fully saturated rings.